The average molecular weight is 945 g/mol. The van der Waals surface area contributed by atoms with Gasteiger partial charge in [-0.05, 0) is 70.6 Å². The Balaban J connectivity index is 4.16. The molecule has 0 aliphatic rings. The van der Waals surface area contributed by atoms with Gasteiger partial charge in [-0.15, -0.1) is 0 Å². The largest absolute Gasteiger partial charge is 0.472 e. The number of hydrogen-bond donors (Lipinski definition) is 1. The Kier molecular flexibility index (Phi) is 45.3. The van der Waals surface area contributed by atoms with Gasteiger partial charge in [0.1, 0.15) is 19.8 Å². The molecule has 0 aliphatic heterocycles. The minimum absolute atomic E-state index is 0.0279. The number of esters is 2. The van der Waals surface area contributed by atoms with E-state index >= 15 is 0 Å². The predicted molar refractivity (Wildman–Crippen MR) is 279 cm³/mol. The zero-order chi connectivity index (χ0) is 48.5. The molecule has 9 nitrogen and oxygen atoms in total. The van der Waals surface area contributed by atoms with Crippen LogP contribution in [0.25, 0.3) is 0 Å². The van der Waals surface area contributed by atoms with Gasteiger partial charge in [0.2, 0.25) is 0 Å². The van der Waals surface area contributed by atoms with Crippen molar-refractivity contribution >= 4 is 19.8 Å². The predicted octanol–water partition coefficient (Wildman–Crippen LogP) is 15.9. The fraction of sp³-hybridized carbons (Fsp3) is 0.714. The molecule has 0 bridgehead atoms. The third-order valence-electron chi connectivity index (χ3n) is 10.9. The van der Waals surface area contributed by atoms with E-state index in [1.165, 1.54) is 83.5 Å². The number of phosphoric acid groups is 1. The van der Waals surface area contributed by atoms with Gasteiger partial charge in [0.15, 0.2) is 6.10 Å². The molecule has 10 heteroatoms. The van der Waals surface area contributed by atoms with E-state index in [-0.39, 0.29) is 32.0 Å². The lowest BCUT2D eigenvalue weighted by Crippen LogP contribution is -2.37. The molecule has 0 saturated heterocycles. The molecule has 0 saturated carbocycles. The summed E-state index contributed by atoms with van der Waals surface area (Å²) in [5.74, 6) is -0.807. The van der Waals surface area contributed by atoms with Crippen LogP contribution in [-0.4, -0.2) is 74.9 Å². The molecule has 66 heavy (non-hydrogen) atoms. The maximum Gasteiger partial charge on any atom is 0.472 e. The molecule has 380 valence electrons. The molecule has 2 unspecified atom stereocenters. The van der Waals surface area contributed by atoms with Gasteiger partial charge in [-0.2, -0.15) is 0 Å². The number of nitrogens with zero attached hydrogens (tertiary/aromatic N) is 1. The number of likely N-dealkylation sites (N-methyl/N-ethyl adjacent to an activating group) is 1. The van der Waals surface area contributed by atoms with Gasteiger partial charge in [-0.1, -0.05) is 208 Å². The van der Waals surface area contributed by atoms with Crippen molar-refractivity contribution in [2.24, 2.45) is 0 Å². The first-order valence-electron chi connectivity index (χ1n) is 26.3. The number of unbranched alkanes of at least 4 members (excludes halogenated alkanes) is 19. The van der Waals surface area contributed by atoms with Gasteiger partial charge in [-0.3, -0.25) is 18.6 Å². The van der Waals surface area contributed by atoms with Crippen LogP contribution < -0.4 is 0 Å². The molecule has 0 heterocycles. The normalized spacial score (nSPS) is 14.1. The van der Waals surface area contributed by atoms with E-state index in [1.54, 1.807) is 0 Å². The summed E-state index contributed by atoms with van der Waals surface area (Å²) in [6.45, 7) is 4.29. The summed E-state index contributed by atoms with van der Waals surface area (Å²) in [7, 11) is 1.47. The summed E-state index contributed by atoms with van der Waals surface area (Å²) in [6.07, 6.45) is 62.2. The van der Waals surface area contributed by atoms with Crippen molar-refractivity contribution in [2.75, 3.05) is 47.5 Å². The highest BCUT2D eigenvalue weighted by atomic mass is 31.2. The molecule has 2 atom stereocenters. The van der Waals surface area contributed by atoms with Crippen LogP contribution in [0.3, 0.4) is 0 Å². The highest BCUT2D eigenvalue weighted by Crippen LogP contribution is 2.43. The first kappa shape index (κ1) is 63.2. The number of carbonyl (C=O) groups is 2. The maximum atomic E-state index is 12.8. The fourth-order valence-electron chi connectivity index (χ4n) is 6.88. The van der Waals surface area contributed by atoms with E-state index in [9.17, 15) is 19.0 Å². The van der Waals surface area contributed by atoms with Crippen LogP contribution in [0, 0.1) is 0 Å². The number of carbonyl (C=O) groups excluding carboxylic acids is 2. The minimum atomic E-state index is -4.38. The van der Waals surface area contributed by atoms with Gasteiger partial charge in [-0.25, -0.2) is 4.57 Å². The summed E-state index contributed by atoms with van der Waals surface area (Å²) < 4.78 is 34.4. The van der Waals surface area contributed by atoms with Crippen molar-refractivity contribution in [3.63, 3.8) is 0 Å². The van der Waals surface area contributed by atoms with Crippen molar-refractivity contribution in [1.29, 1.82) is 0 Å². The van der Waals surface area contributed by atoms with Crippen molar-refractivity contribution in [2.45, 2.75) is 213 Å². The Labute approximate surface area is 405 Å². The number of phosphoric ester groups is 1. The van der Waals surface area contributed by atoms with Crippen LogP contribution in [0.5, 0.6) is 0 Å². The van der Waals surface area contributed by atoms with Crippen molar-refractivity contribution < 1.29 is 42.1 Å². The van der Waals surface area contributed by atoms with Gasteiger partial charge >= 0.3 is 19.8 Å². The molecule has 0 spiro atoms. The molecule has 0 radical (unpaired) electrons. The van der Waals surface area contributed by atoms with E-state index in [1.807, 2.05) is 21.1 Å². The van der Waals surface area contributed by atoms with E-state index in [0.29, 0.717) is 17.4 Å². The second-order valence-corrected chi connectivity index (χ2v) is 20.0. The van der Waals surface area contributed by atoms with Gasteiger partial charge in [0, 0.05) is 12.8 Å². The second kappa shape index (κ2) is 47.3. The SMILES string of the molecule is CC/C=C\C/C=C\C/C=C\C/C=C\C/C=C\C/C=C\C/C=C\CCCCCCCCCCCC(=O)OC(COC(=O)CCCCCCCCCCCCC)COP(=O)(O)OCC[N+](C)(C)C. The summed E-state index contributed by atoms with van der Waals surface area (Å²) in [5.41, 5.74) is 0. The molecule has 0 fully saturated rings. The molecule has 0 amide bonds. The van der Waals surface area contributed by atoms with E-state index in [2.05, 4.69) is 98.9 Å². The molecule has 0 aromatic carbocycles. The first-order valence-corrected chi connectivity index (χ1v) is 27.8. The number of rotatable bonds is 47. The standard InChI is InChI=1S/C56H98NO8P/c1-6-8-10-12-14-16-18-19-20-21-22-23-24-25-26-27-28-29-30-31-32-33-34-35-36-37-39-41-43-45-47-49-56(59)65-54(53-64-66(60,61)63-51-50-57(3,4)5)52-62-55(58)48-46-44-42-40-38-17-15-13-11-9-7-2/h8,10,14,16,19-20,22-23,25-26,28-29,31-32,54H,6-7,9,11-13,15,17-18,21,24,27,30,33-53H2,1-5H3/p+1/b10-8-,16-14-,20-19-,23-22-,26-25-,29-28-,32-31-. The second-order valence-electron chi connectivity index (χ2n) is 18.5. The van der Waals surface area contributed by atoms with Crippen LogP contribution in [-0.2, 0) is 32.7 Å². The topological polar surface area (TPSA) is 108 Å². The monoisotopic (exact) mass is 945 g/mol. The highest BCUT2D eigenvalue weighted by molar-refractivity contribution is 7.47. The molecule has 0 rings (SSSR count). The molecule has 0 aromatic heterocycles. The van der Waals surface area contributed by atoms with Crippen LogP contribution in [0.1, 0.15) is 206 Å². The number of hydrogen-bond acceptors (Lipinski definition) is 7. The molecule has 0 aliphatic carbocycles. The van der Waals surface area contributed by atoms with Gasteiger partial charge in [0.25, 0.3) is 0 Å². The lowest BCUT2D eigenvalue weighted by Gasteiger charge is -2.24. The summed E-state index contributed by atoms with van der Waals surface area (Å²) >= 11 is 0. The van der Waals surface area contributed by atoms with Crippen molar-refractivity contribution in [3.8, 4) is 0 Å². The summed E-state index contributed by atoms with van der Waals surface area (Å²) in [5, 5.41) is 0. The third-order valence-corrected chi connectivity index (χ3v) is 11.9. The Bertz CT molecular complexity index is 1390. The smallest absolute Gasteiger partial charge is 0.462 e. The molecular formula is C56H99NO8P+. The van der Waals surface area contributed by atoms with Gasteiger partial charge in [0.05, 0.1) is 27.7 Å². The Morgan fingerprint density at radius 2 is 0.864 bits per heavy atom. The number of ether oxygens (including phenoxy) is 2. The first-order chi connectivity index (χ1) is 32.0. The number of quaternary nitrogens is 1. The summed E-state index contributed by atoms with van der Waals surface area (Å²) in [4.78, 5) is 35.5. The molecule has 1 N–H and O–H groups in total. The van der Waals surface area contributed by atoms with Crippen LogP contribution in [0.15, 0.2) is 85.1 Å². The highest BCUT2D eigenvalue weighted by Gasteiger charge is 2.27. The zero-order valence-corrected chi connectivity index (χ0v) is 43.8. The van der Waals surface area contributed by atoms with Crippen LogP contribution in [0.2, 0.25) is 0 Å². The minimum Gasteiger partial charge on any atom is -0.462 e. The van der Waals surface area contributed by atoms with E-state index < -0.39 is 26.5 Å². The van der Waals surface area contributed by atoms with Crippen molar-refractivity contribution in [1.82, 2.24) is 0 Å². The average Bonchev–Trinajstić information content (AvgIpc) is 3.27. The zero-order valence-electron chi connectivity index (χ0n) is 42.9. The van der Waals surface area contributed by atoms with Crippen LogP contribution in [0.4, 0.5) is 0 Å². The molecule has 0 aromatic rings. The van der Waals surface area contributed by atoms with Crippen LogP contribution >= 0.6 is 7.82 Å². The van der Waals surface area contributed by atoms with Gasteiger partial charge < -0.3 is 18.9 Å². The Morgan fingerprint density at radius 1 is 0.485 bits per heavy atom. The quantitative estimate of drug-likeness (QED) is 0.0211. The summed E-state index contributed by atoms with van der Waals surface area (Å²) in [6, 6.07) is 0. The molecular weight excluding hydrogens is 846 g/mol. The Hall–Kier alpha value is -2.81. The van der Waals surface area contributed by atoms with E-state index in [4.69, 9.17) is 18.5 Å². The Morgan fingerprint density at radius 3 is 1.29 bits per heavy atom. The fourth-order valence-corrected chi connectivity index (χ4v) is 7.62. The van der Waals surface area contributed by atoms with E-state index in [0.717, 1.165) is 89.9 Å². The van der Waals surface area contributed by atoms with Crippen molar-refractivity contribution in [3.05, 3.63) is 85.1 Å². The maximum absolute atomic E-state index is 12.8. The third kappa shape index (κ3) is 50.6. The lowest BCUT2D eigenvalue weighted by atomic mass is 10.1. The lowest BCUT2D eigenvalue weighted by molar-refractivity contribution is -0.870. The number of allylic oxidation sites excluding steroid dienone is 14.